The van der Waals surface area contributed by atoms with Crippen molar-refractivity contribution >= 4 is 52.6 Å². The molecule has 3 amide bonds. The summed E-state index contributed by atoms with van der Waals surface area (Å²) in [6.45, 7) is 2.23. The zero-order valence-electron chi connectivity index (χ0n) is 29.3. The Hall–Kier alpha value is -6.37. The minimum atomic E-state index is -4.61. The van der Waals surface area contributed by atoms with Gasteiger partial charge in [0.25, 0.3) is 5.91 Å². The van der Waals surface area contributed by atoms with Crippen molar-refractivity contribution in [2.75, 3.05) is 35.6 Å². The van der Waals surface area contributed by atoms with Crippen LogP contribution in [0.3, 0.4) is 0 Å². The van der Waals surface area contributed by atoms with Gasteiger partial charge in [0.05, 0.1) is 5.54 Å². The predicted molar refractivity (Wildman–Crippen MR) is 194 cm³/mol. The van der Waals surface area contributed by atoms with Crippen LogP contribution in [0.15, 0.2) is 72.8 Å². The number of aromatic nitrogens is 7. The molecule has 1 fully saturated rings. The normalized spacial score (nSPS) is 13.3. The van der Waals surface area contributed by atoms with Crippen LogP contribution in [-0.2, 0) is 15.1 Å². The average molecular weight is 779 g/mol. The Kier molecular flexibility index (Phi) is 11.1. The summed E-state index contributed by atoms with van der Waals surface area (Å²) in [6.07, 6.45) is -3.15. The molecule has 16 nitrogen and oxygen atoms in total. The second-order valence-electron chi connectivity index (χ2n) is 13.4. The number of alkyl halides is 3. The Morgan fingerprint density at radius 1 is 0.873 bits per heavy atom. The number of ether oxygens (including phenoxy) is 1. The summed E-state index contributed by atoms with van der Waals surface area (Å²) in [4.78, 5) is 50.5. The van der Waals surface area contributed by atoms with Gasteiger partial charge in [-0.05, 0) is 77.6 Å². The van der Waals surface area contributed by atoms with Crippen molar-refractivity contribution < 1.29 is 32.3 Å². The van der Waals surface area contributed by atoms with Crippen LogP contribution in [0.1, 0.15) is 42.6 Å². The van der Waals surface area contributed by atoms with Crippen molar-refractivity contribution in [1.29, 1.82) is 0 Å². The van der Waals surface area contributed by atoms with Crippen molar-refractivity contribution in [2.45, 2.75) is 38.4 Å². The first-order chi connectivity index (χ1) is 26.2. The van der Waals surface area contributed by atoms with Gasteiger partial charge in [0.2, 0.25) is 17.7 Å². The maximum absolute atomic E-state index is 13.0. The maximum Gasteiger partial charge on any atom is 0.422 e. The fraction of sp³-hybridized carbons (Fsp3) is 0.286. The summed E-state index contributed by atoms with van der Waals surface area (Å²) < 4.78 is 43.7. The van der Waals surface area contributed by atoms with Gasteiger partial charge in [0.1, 0.15) is 0 Å². The monoisotopic (exact) mass is 778 g/mol. The standard InChI is InChI=1S/C35H34ClF3N12O4/c1-33(2,18-41-28(53)29(54)42-25-5-3-4-21(16-25)26-48-50-51-49-26)17-40-27(52)20-6-12-24(13-7-20)43-30-44-31(46-32(45-30)55-19-35(37,38)39)47-34(14-15-34)22-8-10-23(36)11-9-22/h3-13,16H,14-15,17-19H2,1-2H3,(H,40,52)(H,41,53)(H,42,54)(H,48,49,50,51)(H2,43,44,45,46,47). The van der Waals surface area contributed by atoms with E-state index in [1.54, 1.807) is 62.4 Å². The first kappa shape index (κ1) is 38.4. The number of amides is 3. The van der Waals surface area contributed by atoms with Crippen molar-refractivity contribution in [3.63, 3.8) is 0 Å². The molecule has 2 heterocycles. The molecule has 55 heavy (non-hydrogen) atoms. The van der Waals surface area contributed by atoms with Gasteiger partial charge in [-0.3, -0.25) is 14.4 Å². The van der Waals surface area contributed by atoms with Crippen LogP contribution < -0.4 is 31.3 Å². The van der Waals surface area contributed by atoms with E-state index < -0.39 is 47.5 Å². The van der Waals surface area contributed by atoms with E-state index in [4.69, 9.17) is 16.3 Å². The molecule has 1 saturated carbocycles. The lowest BCUT2D eigenvalue weighted by Crippen LogP contribution is -2.44. The number of H-pyrrole nitrogens is 1. The Morgan fingerprint density at radius 3 is 2.25 bits per heavy atom. The largest absolute Gasteiger partial charge is 0.454 e. The molecule has 0 saturated heterocycles. The highest BCUT2D eigenvalue weighted by atomic mass is 35.5. The summed E-state index contributed by atoms with van der Waals surface area (Å²) in [6, 6.07) is 19.5. The van der Waals surface area contributed by atoms with E-state index in [2.05, 4.69) is 62.2 Å². The molecule has 3 aromatic carbocycles. The lowest BCUT2D eigenvalue weighted by molar-refractivity contribution is -0.154. The topological polar surface area (TPSA) is 214 Å². The minimum absolute atomic E-state index is 0.00396. The van der Waals surface area contributed by atoms with E-state index in [9.17, 15) is 27.6 Å². The van der Waals surface area contributed by atoms with E-state index in [-0.39, 0.29) is 25.0 Å². The Morgan fingerprint density at radius 2 is 1.58 bits per heavy atom. The smallest absolute Gasteiger partial charge is 0.422 e. The number of carbonyl (C=O) groups is 3. The molecule has 0 atom stereocenters. The summed E-state index contributed by atoms with van der Waals surface area (Å²) in [5.41, 5.74) is 1.42. The SMILES string of the molecule is CC(C)(CNC(=O)C(=O)Nc1cccc(-c2nn[nH]n2)c1)CNC(=O)c1ccc(Nc2nc(NC3(c4ccc(Cl)cc4)CC3)nc(OCC(F)(F)F)n2)cc1. The van der Waals surface area contributed by atoms with Crippen molar-refractivity contribution in [3.8, 4) is 17.4 Å². The zero-order chi connectivity index (χ0) is 39.2. The molecular weight excluding hydrogens is 745 g/mol. The van der Waals surface area contributed by atoms with Crippen LogP contribution in [0.2, 0.25) is 5.02 Å². The molecule has 1 aliphatic carbocycles. The predicted octanol–water partition coefficient (Wildman–Crippen LogP) is 5.00. The van der Waals surface area contributed by atoms with Gasteiger partial charge < -0.3 is 31.3 Å². The molecular formula is C35H34ClF3N12O4. The highest BCUT2D eigenvalue weighted by Crippen LogP contribution is 2.48. The van der Waals surface area contributed by atoms with Crippen LogP contribution in [-0.4, -0.2) is 79.2 Å². The number of aromatic amines is 1. The molecule has 20 heteroatoms. The Labute approximate surface area is 316 Å². The van der Waals surface area contributed by atoms with Gasteiger partial charge in [0.15, 0.2) is 6.61 Å². The number of rotatable bonds is 14. The van der Waals surface area contributed by atoms with E-state index in [0.29, 0.717) is 33.3 Å². The number of tetrazole rings is 1. The third-order valence-electron chi connectivity index (χ3n) is 8.27. The van der Waals surface area contributed by atoms with Gasteiger partial charge >= 0.3 is 24.0 Å². The average Bonchev–Trinajstić information content (AvgIpc) is 3.70. The molecule has 286 valence electrons. The molecule has 0 radical (unpaired) electrons. The van der Waals surface area contributed by atoms with Crippen LogP contribution in [0, 0.1) is 5.41 Å². The minimum Gasteiger partial charge on any atom is -0.454 e. The van der Waals surface area contributed by atoms with E-state index in [1.807, 2.05) is 12.1 Å². The van der Waals surface area contributed by atoms with Crippen LogP contribution in [0.25, 0.3) is 11.4 Å². The molecule has 0 unspecified atom stereocenters. The molecule has 1 aliphatic rings. The number of anilines is 4. The number of hydrogen-bond acceptors (Lipinski definition) is 12. The quantitative estimate of drug-likeness (QED) is 0.0822. The fourth-order valence-corrected chi connectivity index (χ4v) is 5.32. The highest BCUT2D eigenvalue weighted by Gasteiger charge is 2.45. The molecule has 5 aromatic rings. The summed E-state index contributed by atoms with van der Waals surface area (Å²) in [5, 5.41) is 28.3. The molecule has 6 N–H and O–H groups in total. The zero-order valence-corrected chi connectivity index (χ0v) is 30.0. The van der Waals surface area contributed by atoms with E-state index in [1.165, 1.54) is 12.1 Å². The number of halogens is 4. The Balaban J connectivity index is 1.02. The van der Waals surface area contributed by atoms with E-state index in [0.717, 1.165) is 18.4 Å². The van der Waals surface area contributed by atoms with E-state index >= 15 is 0 Å². The second kappa shape index (κ2) is 15.9. The lowest BCUT2D eigenvalue weighted by atomic mass is 9.93. The summed E-state index contributed by atoms with van der Waals surface area (Å²) in [5.74, 6) is -1.90. The first-order valence-electron chi connectivity index (χ1n) is 16.7. The second-order valence-corrected chi connectivity index (χ2v) is 13.8. The fourth-order valence-electron chi connectivity index (χ4n) is 5.20. The first-order valence-corrected chi connectivity index (χ1v) is 17.1. The highest BCUT2D eigenvalue weighted by molar-refractivity contribution is 6.39. The molecule has 0 aliphatic heterocycles. The Bertz CT molecular complexity index is 2150. The van der Waals surface area contributed by atoms with Crippen molar-refractivity contribution in [2.24, 2.45) is 5.41 Å². The van der Waals surface area contributed by atoms with Gasteiger partial charge in [-0.15, -0.1) is 10.2 Å². The summed E-state index contributed by atoms with van der Waals surface area (Å²) >= 11 is 6.04. The maximum atomic E-state index is 13.0. The van der Waals surface area contributed by atoms with Gasteiger partial charge in [0, 0.05) is 40.6 Å². The number of nitrogens with one attached hydrogen (secondary N) is 6. The van der Waals surface area contributed by atoms with Crippen molar-refractivity contribution in [3.05, 3.63) is 88.9 Å². The van der Waals surface area contributed by atoms with Crippen LogP contribution in [0.5, 0.6) is 6.01 Å². The number of hydrogen-bond donors (Lipinski definition) is 6. The molecule has 2 aromatic heterocycles. The third-order valence-corrected chi connectivity index (χ3v) is 8.52. The van der Waals surface area contributed by atoms with Crippen molar-refractivity contribution in [1.82, 2.24) is 46.2 Å². The number of carbonyl (C=O) groups excluding carboxylic acids is 3. The van der Waals surface area contributed by atoms with Gasteiger partial charge in [-0.1, -0.05) is 49.7 Å². The van der Waals surface area contributed by atoms with Crippen LogP contribution in [0.4, 0.5) is 36.4 Å². The number of nitrogens with zero attached hydrogens (tertiary/aromatic N) is 6. The lowest BCUT2D eigenvalue weighted by Gasteiger charge is -2.25. The molecule has 0 spiro atoms. The number of benzene rings is 3. The molecule has 0 bridgehead atoms. The third kappa shape index (κ3) is 10.6. The summed E-state index contributed by atoms with van der Waals surface area (Å²) in [7, 11) is 0. The van der Waals surface area contributed by atoms with Gasteiger partial charge in [-0.25, -0.2) is 0 Å². The molecule has 6 rings (SSSR count). The van der Waals surface area contributed by atoms with Gasteiger partial charge in [-0.2, -0.15) is 33.3 Å². The van der Waals surface area contributed by atoms with Crippen LogP contribution >= 0.6 is 11.6 Å².